The number of hydrogen-bond acceptors (Lipinski definition) is 4. The van der Waals surface area contributed by atoms with Gasteiger partial charge < -0.3 is 15.5 Å². The van der Waals surface area contributed by atoms with Gasteiger partial charge in [0.1, 0.15) is 12.1 Å². The van der Waals surface area contributed by atoms with Crippen LogP contribution in [-0.4, -0.2) is 41.7 Å². The molecule has 34 heavy (non-hydrogen) atoms. The average molecular weight is 463 g/mol. The Bertz CT molecular complexity index is 1130. The molecule has 2 aliphatic rings. The summed E-state index contributed by atoms with van der Waals surface area (Å²) in [7, 11) is 0. The molecule has 2 aromatic rings. The fourth-order valence-electron chi connectivity index (χ4n) is 4.33. The molecule has 178 valence electrons. The van der Waals surface area contributed by atoms with Gasteiger partial charge in [-0.25, -0.2) is 4.79 Å². The molecule has 8 nitrogen and oxygen atoms in total. The van der Waals surface area contributed by atoms with Crippen LogP contribution in [0.5, 0.6) is 0 Å². The van der Waals surface area contributed by atoms with Gasteiger partial charge in [0.15, 0.2) is 0 Å². The van der Waals surface area contributed by atoms with Crippen LogP contribution in [0, 0.1) is 0 Å². The maximum absolute atomic E-state index is 13.2. The van der Waals surface area contributed by atoms with E-state index < -0.39 is 29.9 Å². The van der Waals surface area contributed by atoms with Crippen molar-refractivity contribution >= 4 is 35.1 Å². The third kappa shape index (κ3) is 4.40. The Balaban J connectivity index is 1.42. The first-order valence-electron chi connectivity index (χ1n) is 11.4. The van der Waals surface area contributed by atoms with Gasteiger partial charge in [-0.05, 0) is 54.2 Å². The van der Waals surface area contributed by atoms with Crippen molar-refractivity contribution in [3.63, 3.8) is 0 Å². The fourth-order valence-corrected chi connectivity index (χ4v) is 4.33. The number of carbonyl (C=O) groups excluding carboxylic acids is 4. The SMILES string of the molecule is CC(C)(C)c1ccc(C2(C)NC(=O)N(CC(=O)Nc3ccc(N4CCCC4=O)cc3)C2=O)cc1. The van der Waals surface area contributed by atoms with Crippen LogP contribution < -0.4 is 15.5 Å². The summed E-state index contributed by atoms with van der Waals surface area (Å²) in [6, 6.07) is 13.9. The van der Waals surface area contributed by atoms with Crippen LogP contribution in [0.1, 0.15) is 51.7 Å². The van der Waals surface area contributed by atoms with Gasteiger partial charge in [0.2, 0.25) is 11.8 Å². The molecule has 0 spiro atoms. The third-order valence-electron chi connectivity index (χ3n) is 6.44. The molecule has 0 radical (unpaired) electrons. The highest BCUT2D eigenvalue weighted by atomic mass is 16.2. The topological polar surface area (TPSA) is 98.8 Å². The zero-order chi connectivity index (χ0) is 24.7. The monoisotopic (exact) mass is 462 g/mol. The van der Waals surface area contributed by atoms with Crippen LogP contribution in [0.15, 0.2) is 48.5 Å². The molecule has 0 aliphatic carbocycles. The highest BCUT2D eigenvalue weighted by molar-refractivity contribution is 6.10. The third-order valence-corrected chi connectivity index (χ3v) is 6.44. The number of nitrogens with zero attached hydrogens (tertiary/aromatic N) is 2. The lowest BCUT2D eigenvalue weighted by Gasteiger charge is -2.24. The molecule has 2 heterocycles. The molecule has 2 fully saturated rings. The molecule has 0 aromatic heterocycles. The second kappa shape index (κ2) is 8.59. The lowest BCUT2D eigenvalue weighted by molar-refractivity contribution is -0.133. The van der Waals surface area contributed by atoms with E-state index in [2.05, 4.69) is 31.4 Å². The minimum absolute atomic E-state index is 0.0330. The van der Waals surface area contributed by atoms with Crippen molar-refractivity contribution in [2.45, 2.75) is 51.5 Å². The van der Waals surface area contributed by atoms with Crippen LogP contribution in [0.3, 0.4) is 0 Å². The molecule has 5 amide bonds. The molecule has 2 aromatic carbocycles. The number of anilines is 2. The maximum Gasteiger partial charge on any atom is 0.325 e. The molecule has 8 heteroatoms. The summed E-state index contributed by atoms with van der Waals surface area (Å²) in [6.07, 6.45) is 1.38. The number of urea groups is 1. The second-order valence-corrected chi connectivity index (χ2v) is 10.0. The maximum atomic E-state index is 13.2. The lowest BCUT2D eigenvalue weighted by atomic mass is 9.84. The zero-order valence-electron chi connectivity index (χ0n) is 20.0. The number of imide groups is 1. The Morgan fingerprint density at radius 2 is 1.68 bits per heavy atom. The van der Waals surface area contributed by atoms with Gasteiger partial charge >= 0.3 is 6.03 Å². The number of benzene rings is 2. The van der Waals surface area contributed by atoms with Crippen molar-refractivity contribution in [3.8, 4) is 0 Å². The summed E-state index contributed by atoms with van der Waals surface area (Å²) < 4.78 is 0. The van der Waals surface area contributed by atoms with E-state index in [0.29, 0.717) is 24.2 Å². The van der Waals surface area contributed by atoms with Crippen LogP contribution in [0.2, 0.25) is 0 Å². The first-order valence-corrected chi connectivity index (χ1v) is 11.4. The smallest absolute Gasteiger partial charge is 0.325 e. The minimum atomic E-state index is -1.24. The Labute approximate surface area is 199 Å². The Hall–Kier alpha value is -3.68. The Morgan fingerprint density at radius 1 is 1.03 bits per heavy atom. The fraction of sp³-hybridized carbons (Fsp3) is 0.385. The predicted octanol–water partition coefficient (Wildman–Crippen LogP) is 3.52. The Kier molecular flexibility index (Phi) is 5.93. The van der Waals surface area contributed by atoms with Crippen LogP contribution in [0.4, 0.5) is 16.2 Å². The average Bonchev–Trinajstić information content (AvgIpc) is 3.30. The highest BCUT2D eigenvalue weighted by Gasteiger charge is 2.49. The number of carbonyl (C=O) groups is 4. The van der Waals surface area contributed by atoms with Crippen molar-refractivity contribution < 1.29 is 19.2 Å². The van der Waals surface area contributed by atoms with Crippen molar-refractivity contribution in [3.05, 3.63) is 59.7 Å². The number of rotatable bonds is 5. The van der Waals surface area contributed by atoms with Gasteiger partial charge in [-0.15, -0.1) is 0 Å². The van der Waals surface area contributed by atoms with E-state index in [1.165, 1.54) is 0 Å². The Morgan fingerprint density at radius 3 is 2.24 bits per heavy atom. The van der Waals surface area contributed by atoms with E-state index in [9.17, 15) is 19.2 Å². The molecule has 2 saturated heterocycles. The molecular weight excluding hydrogens is 432 g/mol. The van der Waals surface area contributed by atoms with Crippen molar-refractivity contribution in [1.29, 1.82) is 0 Å². The summed E-state index contributed by atoms with van der Waals surface area (Å²) in [5, 5.41) is 5.45. The summed E-state index contributed by atoms with van der Waals surface area (Å²) >= 11 is 0. The predicted molar refractivity (Wildman–Crippen MR) is 129 cm³/mol. The minimum Gasteiger partial charge on any atom is -0.325 e. The van der Waals surface area contributed by atoms with Gasteiger partial charge in [-0.1, -0.05) is 45.0 Å². The molecule has 0 bridgehead atoms. The summed E-state index contributed by atoms with van der Waals surface area (Å²) in [6.45, 7) is 8.25. The molecule has 1 atom stereocenters. The first-order chi connectivity index (χ1) is 16.0. The summed E-state index contributed by atoms with van der Waals surface area (Å²) in [4.78, 5) is 52.9. The van der Waals surface area contributed by atoms with Gasteiger partial charge in [0.25, 0.3) is 5.91 Å². The standard InChI is InChI=1S/C26H30N4O4/c1-25(2,3)17-7-9-18(10-8-17)26(4)23(33)30(24(34)28-26)16-21(31)27-19-11-13-20(14-12-19)29-15-5-6-22(29)32/h7-14H,5-6,15-16H2,1-4H3,(H,27,31)(H,28,34). The van der Waals surface area contributed by atoms with Crippen LogP contribution >= 0.6 is 0 Å². The summed E-state index contributed by atoms with van der Waals surface area (Å²) in [5.41, 5.74) is 1.81. The van der Waals surface area contributed by atoms with E-state index in [1.807, 2.05) is 24.3 Å². The van der Waals surface area contributed by atoms with Crippen molar-refractivity contribution in [2.75, 3.05) is 23.3 Å². The van der Waals surface area contributed by atoms with Gasteiger partial charge in [0, 0.05) is 24.3 Å². The van der Waals surface area contributed by atoms with Crippen molar-refractivity contribution in [2.24, 2.45) is 0 Å². The van der Waals surface area contributed by atoms with E-state index in [1.54, 1.807) is 36.1 Å². The van der Waals surface area contributed by atoms with Crippen molar-refractivity contribution in [1.82, 2.24) is 10.2 Å². The molecule has 4 rings (SSSR count). The van der Waals surface area contributed by atoms with Crippen LogP contribution in [-0.2, 0) is 25.3 Å². The largest absolute Gasteiger partial charge is 0.325 e. The number of hydrogen-bond donors (Lipinski definition) is 2. The first kappa shape index (κ1) is 23.5. The molecule has 0 saturated carbocycles. The number of amides is 5. The second-order valence-electron chi connectivity index (χ2n) is 10.0. The molecule has 1 unspecified atom stereocenters. The quantitative estimate of drug-likeness (QED) is 0.664. The molecular formula is C26H30N4O4. The van der Waals surface area contributed by atoms with E-state index >= 15 is 0 Å². The van der Waals surface area contributed by atoms with Crippen LogP contribution in [0.25, 0.3) is 0 Å². The summed E-state index contributed by atoms with van der Waals surface area (Å²) in [5.74, 6) is -0.869. The van der Waals surface area contributed by atoms with E-state index in [0.717, 1.165) is 22.6 Å². The molecule has 2 N–H and O–H groups in total. The normalized spacial score (nSPS) is 20.6. The van der Waals surface area contributed by atoms with Gasteiger partial charge in [-0.2, -0.15) is 0 Å². The zero-order valence-corrected chi connectivity index (χ0v) is 20.0. The highest BCUT2D eigenvalue weighted by Crippen LogP contribution is 2.31. The van der Waals surface area contributed by atoms with Gasteiger partial charge in [-0.3, -0.25) is 19.3 Å². The van der Waals surface area contributed by atoms with Gasteiger partial charge in [0.05, 0.1) is 0 Å². The van der Waals surface area contributed by atoms with E-state index in [4.69, 9.17) is 0 Å². The number of nitrogens with one attached hydrogen (secondary N) is 2. The molecule has 2 aliphatic heterocycles. The lowest BCUT2D eigenvalue weighted by Crippen LogP contribution is -2.42. The van der Waals surface area contributed by atoms with E-state index in [-0.39, 0.29) is 11.3 Å².